The van der Waals surface area contributed by atoms with E-state index in [1.54, 1.807) is 0 Å². The second kappa shape index (κ2) is 24.9. The minimum atomic E-state index is -5.08. The zero-order valence-electron chi connectivity index (χ0n) is 22.0. The summed E-state index contributed by atoms with van der Waals surface area (Å²) in [5.41, 5.74) is 0. The van der Waals surface area contributed by atoms with Gasteiger partial charge in [0.15, 0.2) is 5.25 Å². The maximum absolute atomic E-state index is 11.6. The predicted octanol–water partition coefficient (Wildman–Crippen LogP) is 5.38. The lowest BCUT2D eigenvalue weighted by atomic mass is 10.0. The highest BCUT2D eigenvalue weighted by molar-refractivity contribution is 7.87. The highest BCUT2D eigenvalue weighted by Crippen LogP contribution is 2.14. The Morgan fingerprint density at radius 2 is 1.00 bits per heavy atom. The first kappa shape index (κ1) is 37.3. The van der Waals surface area contributed by atoms with Gasteiger partial charge in [-0.15, -0.1) is 0 Å². The van der Waals surface area contributed by atoms with E-state index in [2.05, 4.69) is 6.92 Å². The van der Waals surface area contributed by atoms with Crippen LogP contribution in [0, 0.1) is 0 Å². The Bertz CT molecular complexity index is 586. The number of hydrogen-bond donors (Lipinski definition) is 2. The highest BCUT2D eigenvalue weighted by atomic mass is 32.2. The number of ether oxygens (including phenoxy) is 1. The topological polar surface area (TPSA) is 197 Å². The first-order chi connectivity index (χ1) is 15.3. The Balaban J connectivity index is -0.00000480. The van der Waals surface area contributed by atoms with Crippen LogP contribution in [0.2, 0.25) is 0 Å². The Labute approximate surface area is 207 Å². The van der Waals surface area contributed by atoms with Crippen molar-refractivity contribution in [2.75, 3.05) is 6.61 Å². The molecule has 10 heteroatoms. The molecule has 0 saturated carbocycles. The van der Waals surface area contributed by atoms with E-state index in [0.29, 0.717) is 6.42 Å². The second-order valence-corrected chi connectivity index (χ2v) is 10.3. The third-order valence-electron chi connectivity index (χ3n) is 5.71. The maximum Gasteiger partial charge on any atom is 0.323 e. The fourth-order valence-electron chi connectivity index (χ4n) is 3.72. The van der Waals surface area contributed by atoms with Gasteiger partial charge in [-0.3, -0.25) is 4.79 Å². The molecule has 8 N–H and O–H groups in total. The van der Waals surface area contributed by atoms with Crippen LogP contribution in [0.1, 0.15) is 129 Å². The van der Waals surface area contributed by atoms with Gasteiger partial charge in [0.25, 0.3) is 0 Å². The van der Waals surface area contributed by atoms with E-state index in [1.165, 1.54) is 89.9 Å². The quantitative estimate of drug-likeness (QED) is 0.104. The van der Waals surface area contributed by atoms with Gasteiger partial charge in [-0.25, -0.2) is 8.42 Å². The van der Waals surface area contributed by atoms with Gasteiger partial charge in [-0.2, -0.15) is 0 Å². The van der Waals surface area contributed by atoms with Gasteiger partial charge in [0.2, 0.25) is 0 Å². The zero-order chi connectivity index (χ0) is 24.1. The van der Waals surface area contributed by atoms with Crippen molar-refractivity contribution in [3.05, 3.63) is 0 Å². The number of carboxylic acids is 1. The number of hydrogen-bond acceptors (Lipinski definition) is 7. The molecule has 0 fully saturated rings. The standard InChI is InChI=1S/C24H46O7S.2H3N/c1-2-3-4-5-6-7-8-9-10-11-12-13-14-15-16-17-18-19-20-31-24(27)22(21-23(25)26)32(28,29)30;;/h22H,2-21H2,1H3,(H,25,26)(H,28,29,30);2*1H3. The summed E-state index contributed by atoms with van der Waals surface area (Å²) in [5, 5.41) is 8.26. The Morgan fingerprint density at radius 3 is 1.29 bits per heavy atom. The minimum absolute atomic E-state index is 0. The normalized spacial score (nSPS) is 11.8. The maximum atomic E-state index is 11.6. The van der Waals surface area contributed by atoms with Crippen LogP contribution < -0.4 is 17.4 Å². The van der Waals surface area contributed by atoms with Gasteiger partial charge in [-0.05, 0) is 6.42 Å². The van der Waals surface area contributed by atoms with Crippen molar-refractivity contribution in [2.45, 2.75) is 134 Å². The van der Waals surface area contributed by atoms with Crippen molar-refractivity contribution < 1.29 is 32.4 Å². The average Bonchev–Trinajstić information content (AvgIpc) is 2.72. The molecular weight excluding hydrogens is 460 g/mol. The van der Waals surface area contributed by atoms with Crippen LogP contribution in [-0.2, 0) is 24.4 Å². The van der Waals surface area contributed by atoms with Crippen LogP contribution in [-0.4, -0.2) is 36.8 Å². The number of carboxylic acid groups (broad SMARTS) is 1. The lowest BCUT2D eigenvalue weighted by molar-refractivity contribution is -0.305. The number of quaternary nitrogens is 2. The lowest BCUT2D eigenvalue weighted by Crippen LogP contribution is -2.38. The summed E-state index contributed by atoms with van der Waals surface area (Å²) in [6.07, 6.45) is 21.0. The van der Waals surface area contributed by atoms with Crippen molar-refractivity contribution in [2.24, 2.45) is 0 Å². The molecule has 9 nitrogen and oxygen atoms in total. The number of aliphatic carboxylic acids is 1. The van der Waals surface area contributed by atoms with Gasteiger partial charge in [0.05, 0.1) is 6.61 Å². The molecule has 0 aromatic heterocycles. The summed E-state index contributed by atoms with van der Waals surface area (Å²) in [6.45, 7) is 2.23. The highest BCUT2D eigenvalue weighted by Gasteiger charge is 2.27. The average molecular weight is 513 g/mol. The SMILES string of the molecule is CCCCCCCCCCCCCCCCCCCCOC(=O)C(CC(=O)[O-])S(=O)(=O)[O-].[NH4+].[NH4+]. The van der Waals surface area contributed by atoms with Crippen molar-refractivity contribution in [1.29, 1.82) is 0 Å². The Hall–Kier alpha value is -1.23. The Kier molecular flexibility index (Phi) is 27.3. The van der Waals surface area contributed by atoms with E-state index in [-0.39, 0.29) is 18.9 Å². The molecule has 0 aromatic carbocycles. The second-order valence-electron chi connectivity index (χ2n) is 8.74. The Morgan fingerprint density at radius 1 is 0.676 bits per heavy atom. The van der Waals surface area contributed by atoms with E-state index < -0.39 is 33.7 Å². The van der Waals surface area contributed by atoms with Crippen LogP contribution in [0.15, 0.2) is 0 Å². The number of carbonyl (C=O) groups is 2. The van der Waals surface area contributed by atoms with E-state index in [1.807, 2.05) is 0 Å². The van der Waals surface area contributed by atoms with Gasteiger partial charge in [0, 0.05) is 12.4 Å². The largest absolute Gasteiger partial charge is 0.747 e. The summed E-state index contributed by atoms with van der Waals surface area (Å²) in [5.74, 6) is -3.09. The molecule has 0 bridgehead atoms. The molecule has 0 aromatic rings. The first-order valence-electron chi connectivity index (χ1n) is 12.6. The van der Waals surface area contributed by atoms with Gasteiger partial charge >= 0.3 is 5.97 Å². The molecule has 1 unspecified atom stereocenters. The molecule has 0 aliphatic heterocycles. The molecule has 206 valence electrons. The molecule has 0 rings (SSSR count). The molecule has 0 heterocycles. The monoisotopic (exact) mass is 512 g/mol. The van der Waals surface area contributed by atoms with E-state index in [9.17, 15) is 27.7 Å². The van der Waals surface area contributed by atoms with Crippen molar-refractivity contribution in [3.63, 3.8) is 0 Å². The van der Waals surface area contributed by atoms with Gasteiger partial charge < -0.3 is 31.5 Å². The fraction of sp³-hybridized carbons (Fsp3) is 0.917. The molecule has 0 aliphatic carbocycles. The molecule has 0 radical (unpaired) electrons. The molecule has 0 amide bonds. The summed E-state index contributed by atoms with van der Waals surface area (Å²) < 4.78 is 37.6. The number of rotatable bonds is 23. The van der Waals surface area contributed by atoms with Crippen LogP contribution >= 0.6 is 0 Å². The summed E-state index contributed by atoms with van der Waals surface area (Å²) in [6, 6.07) is 0. The molecule has 0 aliphatic rings. The third-order valence-corrected chi connectivity index (χ3v) is 6.76. The molecule has 34 heavy (non-hydrogen) atoms. The zero-order valence-corrected chi connectivity index (χ0v) is 22.8. The summed E-state index contributed by atoms with van der Waals surface area (Å²) >= 11 is 0. The molecule has 0 saturated heterocycles. The summed E-state index contributed by atoms with van der Waals surface area (Å²) in [7, 11) is -5.08. The smallest absolute Gasteiger partial charge is 0.323 e. The molecule has 0 spiro atoms. The fourth-order valence-corrected chi connectivity index (χ4v) is 4.37. The van der Waals surface area contributed by atoms with Crippen LogP contribution in [0.5, 0.6) is 0 Å². The van der Waals surface area contributed by atoms with E-state index >= 15 is 0 Å². The number of esters is 1. The molecule has 1 atom stereocenters. The van der Waals surface area contributed by atoms with Gasteiger partial charge in [-0.1, -0.05) is 116 Å². The minimum Gasteiger partial charge on any atom is -0.747 e. The summed E-state index contributed by atoms with van der Waals surface area (Å²) in [4.78, 5) is 22.1. The predicted molar refractivity (Wildman–Crippen MR) is 135 cm³/mol. The first-order valence-corrected chi connectivity index (χ1v) is 14.1. The van der Waals surface area contributed by atoms with Crippen molar-refractivity contribution >= 4 is 22.1 Å². The van der Waals surface area contributed by atoms with Crippen molar-refractivity contribution in [1.82, 2.24) is 12.3 Å². The van der Waals surface area contributed by atoms with E-state index in [0.717, 1.165) is 19.3 Å². The third kappa shape index (κ3) is 23.9. The van der Waals surface area contributed by atoms with Crippen LogP contribution in [0.25, 0.3) is 0 Å². The van der Waals surface area contributed by atoms with Crippen molar-refractivity contribution in [3.8, 4) is 0 Å². The number of carbonyl (C=O) groups excluding carboxylic acids is 2. The molecular formula is C24H52N2O7S. The lowest BCUT2D eigenvalue weighted by Gasteiger charge is -2.19. The van der Waals surface area contributed by atoms with Crippen LogP contribution in [0.4, 0.5) is 0 Å². The van der Waals surface area contributed by atoms with Gasteiger partial charge in [0.1, 0.15) is 10.1 Å². The van der Waals surface area contributed by atoms with E-state index in [4.69, 9.17) is 4.74 Å². The number of unbranched alkanes of at least 4 members (excludes halogenated alkanes) is 17. The van der Waals surface area contributed by atoms with Crippen LogP contribution in [0.3, 0.4) is 0 Å².